The molecule has 7 heterocycles. The highest BCUT2D eigenvalue weighted by Gasteiger charge is 2.24. The zero-order chi connectivity index (χ0) is 57.3. The van der Waals surface area contributed by atoms with Gasteiger partial charge in [-0.15, -0.1) is 0 Å². The summed E-state index contributed by atoms with van der Waals surface area (Å²) in [5.41, 5.74) is 20.9. The zero-order valence-corrected chi connectivity index (χ0v) is 46.9. The van der Waals surface area contributed by atoms with Crippen LogP contribution in [-0.4, -0.2) is 23.7 Å². The molecule has 0 N–H and O–H groups in total. The molecule has 8 nitrogen and oxygen atoms in total. The minimum atomic E-state index is 0.639. The van der Waals surface area contributed by atoms with Gasteiger partial charge < -0.3 is 27.0 Å². The number of benzene rings is 13. The van der Waals surface area contributed by atoms with Crippen LogP contribution in [0, 0.1) is 0 Å². The number of fused-ring (bicyclic) bond motifs is 22. The molecule has 0 fully saturated rings. The highest BCUT2D eigenvalue weighted by atomic mass is 16.3. The Labute approximate surface area is 500 Å². The van der Waals surface area contributed by atoms with E-state index in [-0.39, 0.29) is 0 Å². The Bertz CT molecular complexity index is 6370. The number of hydrogen-bond acceptors (Lipinski definition) is 5. The molecule has 0 atom stereocenters. The summed E-state index contributed by atoms with van der Waals surface area (Å²) >= 11 is 0. The van der Waals surface area contributed by atoms with E-state index < -0.39 is 0 Å². The molecular formula is C80H45N5O3. The second-order valence-electron chi connectivity index (χ2n) is 23.1. The molecule has 0 saturated carbocycles. The Hall–Kier alpha value is -12.0. The summed E-state index contributed by atoms with van der Waals surface area (Å²) in [6.45, 7) is 0. The van der Waals surface area contributed by atoms with Crippen molar-refractivity contribution in [3.05, 3.63) is 273 Å². The minimum Gasteiger partial charge on any atom is -0.456 e. The maximum atomic E-state index is 6.43. The number of hydrogen-bond donors (Lipinski definition) is 0. The third-order valence-electron chi connectivity index (χ3n) is 18.4. The molecule has 0 saturated heterocycles. The average Bonchev–Trinajstić information content (AvgIpc) is 1.79. The van der Waals surface area contributed by atoms with Gasteiger partial charge in [-0.3, -0.25) is 0 Å². The number of furan rings is 3. The first-order chi connectivity index (χ1) is 43.6. The van der Waals surface area contributed by atoms with Crippen LogP contribution in [0.15, 0.2) is 286 Å². The third-order valence-corrected chi connectivity index (χ3v) is 18.4. The Morgan fingerprint density at radius 1 is 0.227 bits per heavy atom. The lowest BCUT2D eigenvalue weighted by molar-refractivity contribution is 0.669. The Morgan fingerprint density at radius 2 is 0.636 bits per heavy atom. The van der Waals surface area contributed by atoms with Gasteiger partial charge in [0.1, 0.15) is 33.5 Å². The summed E-state index contributed by atoms with van der Waals surface area (Å²) in [5.74, 6) is 0.639. The Morgan fingerprint density at radius 3 is 1.11 bits per heavy atom. The van der Waals surface area contributed by atoms with Gasteiger partial charge in [-0.05, 0) is 132 Å². The summed E-state index contributed by atoms with van der Waals surface area (Å²) in [7, 11) is 0. The SMILES string of the molecule is c1cc(-c2nc(-c3ccc(-n4c5ccccc5c5c6c(ccc54)oc4ccccc46)cc3)c3cc(-c4ccc(-n5c6ccccc6c6c7c(ccc65)oc5ccccc57)cc4)ccc3n2)cc(-n2c3ccccc3c3c4c(ccc32)oc2ccccc24)c1. The van der Waals surface area contributed by atoms with Crippen molar-refractivity contribution in [3.8, 4) is 50.8 Å². The van der Waals surface area contributed by atoms with Crippen LogP contribution in [0.2, 0.25) is 0 Å². The van der Waals surface area contributed by atoms with Crippen LogP contribution >= 0.6 is 0 Å². The average molecular weight is 1120 g/mol. The predicted molar refractivity (Wildman–Crippen MR) is 361 cm³/mol. The molecule has 8 heteroatoms. The van der Waals surface area contributed by atoms with Crippen LogP contribution in [0.4, 0.5) is 0 Å². The highest BCUT2D eigenvalue weighted by Crippen LogP contribution is 2.46. The number of aromatic nitrogens is 5. The van der Waals surface area contributed by atoms with Gasteiger partial charge in [-0.25, -0.2) is 9.97 Å². The van der Waals surface area contributed by atoms with E-state index in [1.165, 1.54) is 32.3 Å². The lowest BCUT2D eigenvalue weighted by atomic mass is 9.99. The molecule has 88 heavy (non-hydrogen) atoms. The van der Waals surface area contributed by atoms with Crippen molar-refractivity contribution in [1.29, 1.82) is 0 Å². The van der Waals surface area contributed by atoms with E-state index in [0.29, 0.717) is 5.82 Å². The van der Waals surface area contributed by atoms with Crippen LogP contribution < -0.4 is 0 Å². The quantitative estimate of drug-likeness (QED) is 0.166. The van der Waals surface area contributed by atoms with E-state index in [4.69, 9.17) is 23.2 Å². The molecule has 408 valence electrons. The van der Waals surface area contributed by atoms with Gasteiger partial charge in [0.05, 0.1) is 44.3 Å². The molecule has 20 aromatic rings. The molecule has 0 aliphatic rings. The molecule has 0 bridgehead atoms. The molecule has 13 aromatic carbocycles. The Kier molecular flexibility index (Phi) is 9.57. The smallest absolute Gasteiger partial charge is 0.160 e. The van der Waals surface area contributed by atoms with Crippen LogP contribution in [0.3, 0.4) is 0 Å². The molecule has 0 unspecified atom stereocenters. The summed E-state index contributed by atoms with van der Waals surface area (Å²) in [6, 6.07) is 97.1. The van der Waals surface area contributed by atoms with Gasteiger partial charge in [0, 0.05) is 98.2 Å². The van der Waals surface area contributed by atoms with Gasteiger partial charge >= 0.3 is 0 Å². The van der Waals surface area contributed by atoms with Crippen LogP contribution in [0.5, 0.6) is 0 Å². The van der Waals surface area contributed by atoms with Crippen molar-refractivity contribution in [3.63, 3.8) is 0 Å². The van der Waals surface area contributed by atoms with Gasteiger partial charge in [0.15, 0.2) is 5.82 Å². The predicted octanol–water partition coefficient (Wildman–Crippen LogP) is 21.6. The molecule has 0 spiro atoms. The molecule has 0 aliphatic heterocycles. The van der Waals surface area contributed by atoms with E-state index in [0.717, 1.165) is 155 Å². The molecule has 0 aliphatic carbocycles. The first-order valence-corrected chi connectivity index (χ1v) is 29.8. The fourth-order valence-electron chi connectivity index (χ4n) is 14.7. The molecule has 7 aromatic heterocycles. The largest absolute Gasteiger partial charge is 0.456 e. The Balaban J connectivity index is 0.749. The third kappa shape index (κ3) is 6.62. The van der Waals surface area contributed by atoms with E-state index in [1.54, 1.807) is 0 Å². The second-order valence-corrected chi connectivity index (χ2v) is 23.1. The maximum Gasteiger partial charge on any atom is 0.160 e. The highest BCUT2D eigenvalue weighted by molar-refractivity contribution is 6.30. The number of para-hydroxylation sites is 6. The summed E-state index contributed by atoms with van der Waals surface area (Å²) in [5, 5.41) is 14.8. The topological polar surface area (TPSA) is 80.0 Å². The maximum absolute atomic E-state index is 6.43. The van der Waals surface area contributed by atoms with Crippen LogP contribution in [0.25, 0.3) is 193 Å². The fourth-order valence-corrected chi connectivity index (χ4v) is 14.7. The molecule has 0 radical (unpaired) electrons. The summed E-state index contributed by atoms with van der Waals surface area (Å²) in [4.78, 5) is 11.1. The van der Waals surface area contributed by atoms with E-state index in [1.807, 2.05) is 24.3 Å². The summed E-state index contributed by atoms with van der Waals surface area (Å²) in [6.07, 6.45) is 0. The van der Waals surface area contributed by atoms with Gasteiger partial charge in [0.2, 0.25) is 0 Å². The zero-order valence-electron chi connectivity index (χ0n) is 46.9. The second kappa shape index (κ2) is 17.8. The normalized spacial score (nSPS) is 12.3. The van der Waals surface area contributed by atoms with Crippen molar-refractivity contribution in [2.75, 3.05) is 0 Å². The van der Waals surface area contributed by atoms with Crippen LogP contribution in [-0.2, 0) is 0 Å². The minimum absolute atomic E-state index is 0.639. The van der Waals surface area contributed by atoms with Gasteiger partial charge in [-0.1, -0.05) is 152 Å². The first kappa shape index (κ1) is 47.4. The number of nitrogens with zero attached hydrogens (tertiary/aromatic N) is 5. The van der Waals surface area contributed by atoms with Crippen molar-refractivity contribution >= 4 is 142 Å². The van der Waals surface area contributed by atoms with Crippen molar-refractivity contribution in [1.82, 2.24) is 23.7 Å². The number of rotatable bonds is 6. The van der Waals surface area contributed by atoms with Gasteiger partial charge in [-0.2, -0.15) is 0 Å². The summed E-state index contributed by atoms with van der Waals surface area (Å²) < 4.78 is 26.4. The van der Waals surface area contributed by atoms with Crippen LogP contribution in [0.1, 0.15) is 0 Å². The van der Waals surface area contributed by atoms with E-state index >= 15 is 0 Å². The van der Waals surface area contributed by atoms with Crippen molar-refractivity contribution in [2.24, 2.45) is 0 Å². The van der Waals surface area contributed by atoms with Crippen molar-refractivity contribution in [2.45, 2.75) is 0 Å². The lowest BCUT2D eigenvalue weighted by Gasteiger charge is -2.14. The fraction of sp³-hybridized carbons (Fsp3) is 0. The van der Waals surface area contributed by atoms with Crippen molar-refractivity contribution < 1.29 is 13.3 Å². The molecule has 0 amide bonds. The first-order valence-electron chi connectivity index (χ1n) is 29.8. The monoisotopic (exact) mass is 1120 g/mol. The molecule has 20 rings (SSSR count). The standard InChI is InChI=1S/C80H45N5O3/c1-7-22-61-53(16-1)73-64(38-41-70-76(73)56-19-4-10-25-67(56)86-70)83(61)50-33-28-46(29-34-50)48-32-37-60-59(45-48)79(47-30-35-51(36-31-47)84-62-23-8-2-17-54(62)74-65(84)39-42-71-77(74)57-20-5-11-26-68(57)87-71)82-80(81-60)49-14-13-15-52(44-49)85-63-24-9-3-18-55(63)75-66(85)40-43-72-78(75)58-21-6-12-27-69(58)88-72/h1-45H. The van der Waals surface area contributed by atoms with Gasteiger partial charge in [0.25, 0.3) is 0 Å². The van der Waals surface area contributed by atoms with E-state index in [9.17, 15) is 0 Å². The molecular weight excluding hydrogens is 1080 g/mol. The van der Waals surface area contributed by atoms with E-state index in [2.05, 4.69) is 262 Å². The lowest BCUT2D eigenvalue weighted by Crippen LogP contribution is -1.99.